The second-order valence-electron chi connectivity index (χ2n) is 5.33. The quantitative estimate of drug-likeness (QED) is 0.705. The van der Waals surface area contributed by atoms with E-state index in [9.17, 15) is 0 Å². The molecule has 96 valence electrons. The van der Waals surface area contributed by atoms with E-state index in [4.69, 9.17) is 10.5 Å². The summed E-state index contributed by atoms with van der Waals surface area (Å²) < 4.78 is 5.63. The van der Waals surface area contributed by atoms with Crippen LogP contribution in [0.2, 0.25) is 0 Å². The fourth-order valence-electron chi connectivity index (χ4n) is 2.75. The zero-order valence-corrected chi connectivity index (χ0v) is 11.0. The van der Waals surface area contributed by atoms with Crippen molar-refractivity contribution < 1.29 is 4.74 Å². The zero-order valence-electron chi connectivity index (χ0n) is 11.0. The largest absolute Gasteiger partial charge is 0.381 e. The minimum absolute atomic E-state index is 0.397. The SMILES string of the molecule is CCCOCCC1(CN)CCCCCCC1. The Morgan fingerprint density at radius 2 is 1.62 bits per heavy atom. The zero-order chi connectivity index (χ0) is 11.7. The van der Waals surface area contributed by atoms with Crippen molar-refractivity contribution in [2.24, 2.45) is 11.1 Å². The number of rotatable bonds is 6. The van der Waals surface area contributed by atoms with E-state index in [1.807, 2.05) is 0 Å². The summed E-state index contributed by atoms with van der Waals surface area (Å²) in [5.74, 6) is 0. The van der Waals surface area contributed by atoms with Crippen LogP contribution < -0.4 is 5.73 Å². The van der Waals surface area contributed by atoms with E-state index in [2.05, 4.69) is 6.92 Å². The van der Waals surface area contributed by atoms with Gasteiger partial charge in [0.05, 0.1) is 0 Å². The first-order valence-corrected chi connectivity index (χ1v) is 7.11. The van der Waals surface area contributed by atoms with E-state index in [0.29, 0.717) is 5.41 Å². The van der Waals surface area contributed by atoms with Crippen LogP contribution in [0.4, 0.5) is 0 Å². The molecule has 1 aliphatic carbocycles. The van der Waals surface area contributed by atoms with Gasteiger partial charge < -0.3 is 10.5 Å². The highest BCUT2D eigenvalue weighted by molar-refractivity contribution is 4.81. The highest BCUT2D eigenvalue weighted by Crippen LogP contribution is 2.36. The molecule has 1 aliphatic rings. The predicted octanol–water partition coefficient (Wildman–Crippen LogP) is 3.49. The Kier molecular flexibility index (Phi) is 7.06. The van der Waals surface area contributed by atoms with Crippen LogP contribution in [0.25, 0.3) is 0 Å². The van der Waals surface area contributed by atoms with Crippen molar-refractivity contribution in [3.05, 3.63) is 0 Å². The van der Waals surface area contributed by atoms with E-state index >= 15 is 0 Å². The van der Waals surface area contributed by atoms with Crippen molar-refractivity contribution in [2.45, 2.75) is 64.7 Å². The Labute approximate surface area is 101 Å². The first-order valence-electron chi connectivity index (χ1n) is 7.11. The van der Waals surface area contributed by atoms with Crippen LogP contribution in [0.5, 0.6) is 0 Å². The third-order valence-corrected chi connectivity index (χ3v) is 3.97. The molecule has 0 aromatic heterocycles. The molecule has 1 fully saturated rings. The molecular formula is C14H29NO. The van der Waals surface area contributed by atoms with Gasteiger partial charge in [0.15, 0.2) is 0 Å². The summed E-state index contributed by atoms with van der Waals surface area (Å²) in [4.78, 5) is 0. The molecule has 0 saturated heterocycles. The maximum absolute atomic E-state index is 6.02. The standard InChI is InChI=1S/C14H29NO/c1-2-11-16-12-10-14(13-15)8-6-4-3-5-7-9-14/h2-13,15H2,1H3. The molecular weight excluding hydrogens is 198 g/mol. The van der Waals surface area contributed by atoms with Crippen LogP contribution in [-0.4, -0.2) is 19.8 Å². The molecule has 0 atom stereocenters. The molecule has 0 aliphatic heterocycles. The van der Waals surface area contributed by atoms with Gasteiger partial charge in [-0.2, -0.15) is 0 Å². The lowest BCUT2D eigenvalue weighted by Gasteiger charge is -2.34. The van der Waals surface area contributed by atoms with E-state index < -0.39 is 0 Å². The predicted molar refractivity (Wildman–Crippen MR) is 69.5 cm³/mol. The second-order valence-corrected chi connectivity index (χ2v) is 5.33. The van der Waals surface area contributed by atoms with Gasteiger partial charge in [0.25, 0.3) is 0 Å². The molecule has 0 bridgehead atoms. The molecule has 0 heterocycles. The molecule has 0 aromatic carbocycles. The van der Waals surface area contributed by atoms with Crippen LogP contribution in [0, 0.1) is 5.41 Å². The summed E-state index contributed by atoms with van der Waals surface area (Å²) in [5, 5.41) is 0. The van der Waals surface area contributed by atoms with Gasteiger partial charge in [0.2, 0.25) is 0 Å². The molecule has 2 nitrogen and oxygen atoms in total. The Morgan fingerprint density at radius 1 is 1.00 bits per heavy atom. The highest BCUT2D eigenvalue weighted by Gasteiger charge is 2.28. The Morgan fingerprint density at radius 3 is 2.19 bits per heavy atom. The smallest absolute Gasteiger partial charge is 0.0471 e. The molecule has 0 radical (unpaired) electrons. The average molecular weight is 227 g/mol. The minimum Gasteiger partial charge on any atom is -0.381 e. The minimum atomic E-state index is 0.397. The highest BCUT2D eigenvalue weighted by atomic mass is 16.5. The Balaban J connectivity index is 2.33. The van der Waals surface area contributed by atoms with Gasteiger partial charge >= 0.3 is 0 Å². The number of hydrogen-bond acceptors (Lipinski definition) is 2. The summed E-state index contributed by atoms with van der Waals surface area (Å²) in [7, 11) is 0. The molecule has 2 N–H and O–H groups in total. The van der Waals surface area contributed by atoms with E-state index in [1.165, 1.54) is 51.4 Å². The first-order chi connectivity index (χ1) is 7.83. The van der Waals surface area contributed by atoms with Crippen molar-refractivity contribution in [1.82, 2.24) is 0 Å². The summed E-state index contributed by atoms with van der Waals surface area (Å²) in [6, 6.07) is 0. The fraction of sp³-hybridized carbons (Fsp3) is 1.00. The van der Waals surface area contributed by atoms with E-state index in [0.717, 1.165) is 26.2 Å². The lowest BCUT2D eigenvalue weighted by atomic mass is 9.74. The van der Waals surface area contributed by atoms with Crippen LogP contribution >= 0.6 is 0 Å². The third kappa shape index (κ3) is 4.84. The van der Waals surface area contributed by atoms with Gasteiger partial charge in [-0.05, 0) is 37.6 Å². The van der Waals surface area contributed by atoms with Crippen molar-refractivity contribution in [2.75, 3.05) is 19.8 Å². The average Bonchev–Trinajstić information content (AvgIpc) is 2.27. The molecule has 0 amide bonds. The number of nitrogens with two attached hydrogens (primary N) is 1. The van der Waals surface area contributed by atoms with Gasteiger partial charge in [-0.3, -0.25) is 0 Å². The second kappa shape index (κ2) is 8.08. The van der Waals surface area contributed by atoms with Gasteiger partial charge in [0, 0.05) is 13.2 Å². The van der Waals surface area contributed by atoms with Crippen LogP contribution in [0.3, 0.4) is 0 Å². The van der Waals surface area contributed by atoms with Gasteiger partial charge in [-0.1, -0.05) is 39.0 Å². The topological polar surface area (TPSA) is 35.2 Å². The third-order valence-electron chi connectivity index (χ3n) is 3.97. The van der Waals surface area contributed by atoms with Gasteiger partial charge in [-0.15, -0.1) is 0 Å². The molecule has 16 heavy (non-hydrogen) atoms. The van der Waals surface area contributed by atoms with Crippen molar-refractivity contribution in [1.29, 1.82) is 0 Å². The van der Waals surface area contributed by atoms with Crippen molar-refractivity contribution in [3.8, 4) is 0 Å². The summed E-state index contributed by atoms with van der Waals surface area (Å²) in [5.41, 5.74) is 6.41. The maximum Gasteiger partial charge on any atom is 0.0471 e. The van der Waals surface area contributed by atoms with Crippen LogP contribution in [0.15, 0.2) is 0 Å². The number of ether oxygens (including phenoxy) is 1. The Hall–Kier alpha value is -0.0800. The molecule has 1 rings (SSSR count). The van der Waals surface area contributed by atoms with Crippen LogP contribution in [-0.2, 0) is 4.74 Å². The lowest BCUT2D eigenvalue weighted by Crippen LogP contribution is -2.32. The Bertz CT molecular complexity index is 162. The summed E-state index contributed by atoms with van der Waals surface area (Å²) in [6.07, 6.45) is 11.9. The normalized spacial score (nSPS) is 21.4. The monoisotopic (exact) mass is 227 g/mol. The van der Waals surface area contributed by atoms with E-state index in [-0.39, 0.29) is 0 Å². The number of hydrogen-bond donors (Lipinski definition) is 1. The lowest BCUT2D eigenvalue weighted by molar-refractivity contribution is 0.0833. The van der Waals surface area contributed by atoms with Crippen LogP contribution in [0.1, 0.15) is 64.7 Å². The van der Waals surface area contributed by atoms with Gasteiger partial charge in [0.1, 0.15) is 0 Å². The molecule has 2 heteroatoms. The molecule has 0 aromatic rings. The molecule has 0 spiro atoms. The van der Waals surface area contributed by atoms with E-state index in [1.54, 1.807) is 0 Å². The molecule has 0 unspecified atom stereocenters. The molecule has 1 saturated carbocycles. The summed E-state index contributed by atoms with van der Waals surface area (Å²) in [6.45, 7) is 4.82. The maximum atomic E-state index is 6.02. The van der Waals surface area contributed by atoms with Crippen molar-refractivity contribution in [3.63, 3.8) is 0 Å². The first kappa shape index (κ1) is 14.0. The summed E-state index contributed by atoms with van der Waals surface area (Å²) >= 11 is 0. The van der Waals surface area contributed by atoms with Gasteiger partial charge in [-0.25, -0.2) is 0 Å². The fourth-order valence-corrected chi connectivity index (χ4v) is 2.75. The van der Waals surface area contributed by atoms with Crippen molar-refractivity contribution >= 4 is 0 Å².